The first-order chi connectivity index (χ1) is 10.9. The van der Waals surface area contributed by atoms with E-state index in [9.17, 15) is 8.42 Å². The van der Waals surface area contributed by atoms with Crippen LogP contribution in [0.3, 0.4) is 0 Å². The van der Waals surface area contributed by atoms with Gasteiger partial charge in [-0.05, 0) is 38.0 Å². The van der Waals surface area contributed by atoms with Gasteiger partial charge < -0.3 is 15.4 Å². The van der Waals surface area contributed by atoms with Crippen LogP contribution in [0.25, 0.3) is 0 Å². The maximum absolute atomic E-state index is 11.1. The van der Waals surface area contributed by atoms with Crippen molar-refractivity contribution in [3.63, 3.8) is 0 Å². The molecule has 1 fully saturated rings. The fourth-order valence-corrected chi connectivity index (χ4v) is 3.77. The predicted molar refractivity (Wildman–Crippen MR) is 111 cm³/mol. The molecular formula is C16H34IN3O3S. The van der Waals surface area contributed by atoms with Crippen molar-refractivity contribution in [2.24, 2.45) is 10.4 Å². The molecule has 0 bridgehead atoms. The molecule has 0 atom stereocenters. The van der Waals surface area contributed by atoms with Gasteiger partial charge in [0.1, 0.15) is 9.84 Å². The molecule has 0 unspecified atom stereocenters. The molecule has 6 nitrogen and oxygen atoms in total. The monoisotopic (exact) mass is 475 g/mol. The number of guanidine groups is 1. The van der Waals surface area contributed by atoms with E-state index in [1.165, 1.54) is 31.9 Å². The Bertz CT molecular complexity index is 463. The van der Waals surface area contributed by atoms with Crippen LogP contribution < -0.4 is 10.6 Å². The summed E-state index contributed by atoms with van der Waals surface area (Å²) < 4.78 is 27.8. The number of rotatable bonds is 10. The van der Waals surface area contributed by atoms with Crippen LogP contribution in [0.2, 0.25) is 0 Å². The Morgan fingerprint density at radius 3 is 2.46 bits per heavy atom. The Balaban J connectivity index is 0.00000529. The third-order valence-electron chi connectivity index (χ3n) is 4.48. The van der Waals surface area contributed by atoms with Gasteiger partial charge in [0, 0.05) is 39.6 Å². The van der Waals surface area contributed by atoms with E-state index in [0.29, 0.717) is 18.4 Å². The topological polar surface area (TPSA) is 79.8 Å². The maximum Gasteiger partial charge on any atom is 0.190 e. The lowest BCUT2D eigenvalue weighted by molar-refractivity contribution is 0.105. The Morgan fingerprint density at radius 2 is 1.92 bits per heavy atom. The third-order valence-corrected chi connectivity index (χ3v) is 5.51. The van der Waals surface area contributed by atoms with E-state index in [1.54, 1.807) is 7.05 Å². The minimum absolute atomic E-state index is 0. The van der Waals surface area contributed by atoms with Crippen molar-refractivity contribution in [3.05, 3.63) is 0 Å². The fourth-order valence-electron chi connectivity index (χ4n) is 3.11. The molecule has 1 aliphatic carbocycles. The summed E-state index contributed by atoms with van der Waals surface area (Å²) in [7, 11) is -1.15. The second-order valence-electron chi connectivity index (χ2n) is 6.49. The van der Waals surface area contributed by atoms with Crippen LogP contribution in [-0.4, -0.2) is 59.7 Å². The summed E-state index contributed by atoms with van der Waals surface area (Å²) in [5.41, 5.74) is 0.305. The molecule has 144 valence electrons. The summed E-state index contributed by atoms with van der Waals surface area (Å²) in [6, 6.07) is 0. The molecule has 0 aromatic heterocycles. The highest BCUT2D eigenvalue weighted by Gasteiger charge is 2.33. The summed E-state index contributed by atoms with van der Waals surface area (Å²) >= 11 is 0. The standard InChI is InChI=1S/C16H33N3O3S.HI/c1-4-22-12-10-16(8-5-6-9-16)14-19-15(17-2)18-11-7-13-23(3,20)21;/h4-14H2,1-3H3,(H2,17,18,19);1H. The van der Waals surface area contributed by atoms with Crippen molar-refractivity contribution in [1.29, 1.82) is 0 Å². The summed E-state index contributed by atoms with van der Waals surface area (Å²) in [4.78, 5) is 4.22. The molecule has 1 rings (SSSR count). The zero-order valence-electron chi connectivity index (χ0n) is 15.3. The van der Waals surface area contributed by atoms with Crippen LogP contribution in [0, 0.1) is 5.41 Å². The molecule has 1 saturated carbocycles. The Kier molecular flexibility index (Phi) is 12.2. The molecule has 1 aliphatic rings. The molecule has 24 heavy (non-hydrogen) atoms. The first-order valence-electron chi connectivity index (χ1n) is 8.61. The van der Waals surface area contributed by atoms with Gasteiger partial charge >= 0.3 is 0 Å². The second kappa shape index (κ2) is 12.3. The Hall–Kier alpha value is -0.0900. The lowest BCUT2D eigenvalue weighted by Gasteiger charge is -2.30. The van der Waals surface area contributed by atoms with Crippen LogP contribution in [0.5, 0.6) is 0 Å². The van der Waals surface area contributed by atoms with E-state index < -0.39 is 9.84 Å². The lowest BCUT2D eigenvalue weighted by atomic mass is 9.83. The van der Waals surface area contributed by atoms with Crippen LogP contribution in [0.15, 0.2) is 4.99 Å². The molecule has 0 amide bonds. The number of nitrogens with one attached hydrogen (secondary N) is 2. The van der Waals surface area contributed by atoms with E-state index in [4.69, 9.17) is 4.74 Å². The number of nitrogens with zero attached hydrogens (tertiary/aromatic N) is 1. The van der Waals surface area contributed by atoms with Gasteiger partial charge in [-0.15, -0.1) is 24.0 Å². The van der Waals surface area contributed by atoms with Crippen LogP contribution in [0.1, 0.15) is 45.4 Å². The number of aliphatic imine (C=N–C) groups is 1. The predicted octanol–water partition coefficient (Wildman–Crippen LogP) is 2.19. The molecule has 0 aromatic rings. The third kappa shape index (κ3) is 10.0. The van der Waals surface area contributed by atoms with Crippen molar-refractivity contribution >= 4 is 39.8 Å². The van der Waals surface area contributed by atoms with Gasteiger partial charge in [0.15, 0.2) is 5.96 Å². The molecule has 2 N–H and O–H groups in total. The Labute approximate surface area is 164 Å². The van der Waals surface area contributed by atoms with E-state index in [-0.39, 0.29) is 29.7 Å². The SMILES string of the molecule is CCOCCC1(CNC(=NC)NCCCS(C)(=O)=O)CCCC1.I. The van der Waals surface area contributed by atoms with Crippen LogP contribution in [-0.2, 0) is 14.6 Å². The Morgan fingerprint density at radius 1 is 1.25 bits per heavy atom. The first-order valence-corrected chi connectivity index (χ1v) is 10.7. The highest BCUT2D eigenvalue weighted by molar-refractivity contribution is 14.0. The second-order valence-corrected chi connectivity index (χ2v) is 8.75. The molecule has 0 heterocycles. The van der Waals surface area contributed by atoms with Gasteiger partial charge in [-0.3, -0.25) is 4.99 Å². The average molecular weight is 475 g/mol. The van der Waals surface area contributed by atoms with Gasteiger partial charge in [0.2, 0.25) is 0 Å². The molecule has 0 aliphatic heterocycles. The number of hydrogen-bond donors (Lipinski definition) is 2. The molecule has 0 saturated heterocycles. The number of hydrogen-bond acceptors (Lipinski definition) is 4. The van der Waals surface area contributed by atoms with Crippen LogP contribution >= 0.6 is 24.0 Å². The average Bonchev–Trinajstić information content (AvgIpc) is 2.95. The van der Waals surface area contributed by atoms with E-state index in [0.717, 1.165) is 32.1 Å². The molecular weight excluding hydrogens is 441 g/mol. The smallest absolute Gasteiger partial charge is 0.190 e. The van der Waals surface area contributed by atoms with Crippen molar-refractivity contribution in [3.8, 4) is 0 Å². The minimum Gasteiger partial charge on any atom is -0.382 e. The molecule has 0 radical (unpaired) electrons. The normalized spacial score (nSPS) is 17.4. The maximum atomic E-state index is 11.1. The van der Waals surface area contributed by atoms with Crippen LogP contribution in [0.4, 0.5) is 0 Å². The number of sulfone groups is 1. The van der Waals surface area contributed by atoms with Crippen molar-refractivity contribution in [2.75, 3.05) is 45.4 Å². The highest BCUT2D eigenvalue weighted by Crippen LogP contribution is 2.40. The summed E-state index contributed by atoms with van der Waals surface area (Å²) in [6.07, 6.45) is 7.98. The van der Waals surface area contributed by atoms with E-state index in [1.807, 2.05) is 6.92 Å². The molecule has 0 aromatic carbocycles. The molecule has 8 heteroatoms. The summed E-state index contributed by atoms with van der Waals surface area (Å²) in [5, 5.41) is 6.60. The van der Waals surface area contributed by atoms with Crippen molar-refractivity contribution < 1.29 is 13.2 Å². The van der Waals surface area contributed by atoms with Gasteiger partial charge in [0.25, 0.3) is 0 Å². The first kappa shape index (κ1) is 23.9. The summed E-state index contributed by atoms with van der Waals surface area (Å²) in [5.74, 6) is 0.955. The molecule has 0 spiro atoms. The van der Waals surface area contributed by atoms with Crippen molar-refractivity contribution in [1.82, 2.24) is 10.6 Å². The van der Waals surface area contributed by atoms with Gasteiger partial charge in [0.05, 0.1) is 5.75 Å². The lowest BCUT2D eigenvalue weighted by Crippen LogP contribution is -2.43. The van der Waals surface area contributed by atoms with Gasteiger partial charge in [-0.1, -0.05) is 12.8 Å². The van der Waals surface area contributed by atoms with E-state index >= 15 is 0 Å². The van der Waals surface area contributed by atoms with Crippen molar-refractivity contribution in [2.45, 2.75) is 45.4 Å². The summed E-state index contributed by atoms with van der Waals surface area (Å²) in [6.45, 7) is 5.12. The largest absolute Gasteiger partial charge is 0.382 e. The quantitative estimate of drug-likeness (QED) is 0.219. The highest BCUT2D eigenvalue weighted by atomic mass is 127. The number of ether oxygens (including phenoxy) is 1. The van der Waals surface area contributed by atoms with Gasteiger partial charge in [-0.25, -0.2) is 8.42 Å². The fraction of sp³-hybridized carbons (Fsp3) is 0.938. The zero-order chi connectivity index (χ0) is 17.2. The van der Waals surface area contributed by atoms with Gasteiger partial charge in [-0.2, -0.15) is 0 Å². The zero-order valence-corrected chi connectivity index (χ0v) is 18.4. The minimum atomic E-state index is -2.89. The van der Waals surface area contributed by atoms with E-state index in [2.05, 4.69) is 15.6 Å². The number of halogens is 1.